The Morgan fingerprint density at radius 2 is 1.71 bits per heavy atom. The predicted molar refractivity (Wildman–Crippen MR) is 91.8 cm³/mol. The van der Waals surface area contributed by atoms with E-state index in [1.807, 2.05) is 0 Å². The molecular weight excluding hydrogens is 330 g/mol. The number of primary sulfonamides is 1. The molecule has 0 saturated carbocycles. The minimum atomic E-state index is -3.95. The zero-order chi connectivity index (χ0) is 18.2. The van der Waals surface area contributed by atoms with Crippen LogP contribution in [0.1, 0.15) is 32.7 Å². The Labute approximate surface area is 140 Å². The van der Waals surface area contributed by atoms with E-state index >= 15 is 0 Å². The van der Waals surface area contributed by atoms with E-state index < -0.39 is 21.5 Å². The Morgan fingerprint density at radius 1 is 1.08 bits per heavy atom. The molecule has 0 radical (unpaired) electrons. The maximum Gasteiger partial charge on any atom is 0.271 e. The minimum Gasteiger partial charge on any atom is -0.324 e. The van der Waals surface area contributed by atoms with Crippen molar-refractivity contribution in [1.29, 1.82) is 0 Å². The molecule has 2 rings (SSSR count). The number of nitrogens with one attached hydrogen (secondary N) is 2. The number of hydrogen-bond acceptors (Lipinski definition) is 4. The van der Waals surface area contributed by atoms with Gasteiger partial charge < -0.3 is 10.3 Å². The molecule has 1 heterocycles. The summed E-state index contributed by atoms with van der Waals surface area (Å²) < 4.78 is 23.3. The van der Waals surface area contributed by atoms with Crippen LogP contribution in [0, 0.1) is 27.7 Å². The van der Waals surface area contributed by atoms with Crippen molar-refractivity contribution < 1.29 is 13.2 Å². The van der Waals surface area contributed by atoms with Crippen LogP contribution in [0.15, 0.2) is 27.9 Å². The first kappa shape index (κ1) is 17.9. The van der Waals surface area contributed by atoms with Crippen molar-refractivity contribution >= 4 is 21.6 Å². The Kier molecular flexibility index (Phi) is 4.63. The number of carbonyl (C=O) groups excluding carboxylic acids is 1. The van der Waals surface area contributed by atoms with Crippen LogP contribution in [0.4, 0.5) is 5.69 Å². The molecule has 0 aliphatic rings. The molecular formula is C16H19N3O4S. The van der Waals surface area contributed by atoms with Gasteiger partial charge in [-0.1, -0.05) is 0 Å². The standard InChI is InChI=1S/C16H19N3O4S/c1-8-5-12(7-14(10(8)3)24(17,22)23)15(20)19-13-6-9(2)11(4)18-16(13)21/h5-7H,1-4H3,(H,18,21)(H,19,20)(H2,17,22,23). The molecule has 1 amide bonds. The van der Waals surface area contributed by atoms with E-state index in [0.29, 0.717) is 16.8 Å². The van der Waals surface area contributed by atoms with Crippen molar-refractivity contribution in [3.8, 4) is 0 Å². The highest BCUT2D eigenvalue weighted by atomic mass is 32.2. The molecule has 1 aromatic carbocycles. The normalized spacial score (nSPS) is 11.4. The number of anilines is 1. The van der Waals surface area contributed by atoms with Crippen molar-refractivity contribution in [1.82, 2.24) is 4.98 Å². The van der Waals surface area contributed by atoms with Crippen molar-refractivity contribution in [2.24, 2.45) is 5.14 Å². The molecule has 0 saturated heterocycles. The Hall–Kier alpha value is -2.45. The number of amides is 1. The molecule has 2 aromatic rings. The third-order valence-corrected chi connectivity index (χ3v) is 4.97. The van der Waals surface area contributed by atoms with Crippen LogP contribution in [0.2, 0.25) is 0 Å². The fraction of sp³-hybridized carbons (Fsp3) is 0.250. The molecule has 4 N–H and O–H groups in total. The lowest BCUT2D eigenvalue weighted by atomic mass is 10.1. The van der Waals surface area contributed by atoms with Crippen LogP contribution in [0.25, 0.3) is 0 Å². The fourth-order valence-electron chi connectivity index (χ4n) is 2.27. The summed E-state index contributed by atoms with van der Waals surface area (Å²) in [6, 6.07) is 4.32. The molecule has 1 aromatic heterocycles. The van der Waals surface area contributed by atoms with E-state index in [2.05, 4.69) is 10.3 Å². The number of carbonyl (C=O) groups is 1. The fourth-order valence-corrected chi connectivity index (χ4v) is 3.15. The molecule has 0 spiro atoms. The van der Waals surface area contributed by atoms with Gasteiger partial charge in [0.05, 0.1) is 4.90 Å². The SMILES string of the molecule is Cc1cc(NC(=O)c2cc(C)c(C)c(S(N)(=O)=O)c2)c(=O)[nH]c1C. The predicted octanol–water partition coefficient (Wildman–Crippen LogP) is 1.51. The third-order valence-electron chi connectivity index (χ3n) is 3.93. The summed E-state index contributed by atoms with van der Waals surface area (Å²) in [4.78, 5) is 26.9. The van der Waals surface area contributed by atoms with Gasteiger partial charge in [0.25, 0.3) is 11.5 Å². The first-order chi connectivity index (χ1) is 11.0. The summed E-state index contributed by atoms with van der Waals surface area (Å²) >= 11 is 0. The number of hydrogen-bond donors (Lipinski definition) is 3. The smallest absolute Gasteiger partial charge is 0.271 e. The minimum absolute atomic E-state index is 0.0958. The second-order valence-electron chi connectivity index (χ2n) is 5.74. The molecule has 0 unspecified atom stereocenters. The molecule has 0 aliphatic heterocycles. The van der Waals surface area contributed by atoms with Gasteiger partial charge in [-0.25, -0.2) is 13.6 Å². The average Bonchev–Trinajstić information content (AvgIpc) is 2.46. The van der Waals surface area contributed by atoms with Crippen LogP contribution in [0.3, 0.4) is 0 Å². The molecule has 0 fully saturated rings. The summed E-state index contributed by atoms with van der Waals surface area (Å²) in [6.07, 6.45) is 0. The highest BCUT2D eigenvalue weighted by Gasteiger charge is 2.18. The van der Waals surface area contributed by atoms with Crippen LogP contribution >= 0.6 is 0 Å². The molecule has 0 bridgehead atoms. The monoisotopic (exact) mass is 349 g/mol. The summed E-state index contributed by atoms with van der Waals surface area (Å²) in [7, 11) is -3.95. The number of rotatable bonds is 3. The zero-order valence-electron chi connectivity index (χ0n) is 13.9. The molecule has 0 atom stereocenters. The summed E-state index contributed by atoms with van der Waals surface area (Å²) in [5, 5.41) is 7.70. The Morgan fingerprint density at radius 3 is 2.29 bits per heavy atom. The van der Waals surface area contributed by atoms with E-state index in [1.54, 1.807) is 39.8 Å². The van der Waals surface area contributed by atoms with E-state index in [4.69, 9.17) is 5.14 Å². The number of aromatic nitrogens is 1. The van der Waals surface area contributed by atoms with Crippen molar-refractivity contribution in [2.45, 2.75) is 32.6 Å². The maximum absolute atomic E-state index is 12.4. The molecule has 24 heavy (non-hydrogen) atoms. The highest BCUT2D eigenvalue weighted by Crippen LogP contribution is 2.20. The van der Waals surface area contributed by atoms with E-state index in [9.17, 15) is 18.0 Å². The molecule has 0 aliphatic carbocycles. The average molecular weight is 349 g/mol. The van der Waals surface area contributed by atoms with Gasteiger partial charge in [-0.2, -0.15) is 0 Å². The lowest BCUT2D eigenvalue weighted by Gasteiger charge is -2.11. The second-order valence-corrected chi connectivity index (χ2v) is 7.27. The van der Waals surface area contributed by atoms with Crippen molar-refractivity contribution in [3.05, 3.63) is 56.5 Å². The van der Waals surface area contributed by atoms with E-state index in [1.165, 1.54) is 6.07 Å². The number of aromatic amines is 1. The van der Waals surface area contributed by atoms with Gasteiger partial charge in [-0.15, -0.1) is 0 Å². The quantitative estimate of drug-likeness (QED) is 0.777. The summed E-state index contributed by atoms with van der Waals surface area (Å²) in [5.74, 6) is -0.586. The third kappa shape index (κ3) is 3.55. The van der Waals surface area contributed by atoms with E-state index in [0.717, 1.165) is 5.56 Å². The van der Waals surface area contributed by atoms with Crippen LogP contribution in [-0.2, 0) is 10.0 Å². The van der Waals surface area contributed by atoms with Gasteiger partial charge in [-0.3, -0.25) is 9.59 Å². The van der Waals surface area contributed by atoms with Gasteiger partial charge >= 0.3 is 0 Å². The largest absolute Gasteiger partial charge is 0.324 e. The Balaban J connectivity index is 2.47. The van der Waals surface area contributed by atoms with Gasteiger partial charge in [-0.05, 0) is 62.6 Å². The van der Waals surface area contributed by atoms with Gasteiger partial charge in [0.2, 0.25) is 10.0 Å². The van der Waals surface area contributed by atoms with Gasteiger partial charge in [0.15, 0.2) is 0 Å². The number of aryl methyl sites for hydroxylation is 3. The lowest BCUT2D eigenvalue weighted by Crippen LogP contribution is -2.22. The van der Waals surface area contributed by atoms with Crippen LogP contribution < -0.4 is 16.0 Å². The number of benzene rings is 1. The second kappa shape index (κ2) is 6.21. The first-order valence-corrected chi connectivity index (χ1v) is 8.71. The molecule has 128 valence electrons. The highest BCUT2D eigenvalue weighted by molar-refractivity contribution is 7.89. The first-order valence-electron chi connectivity index (χ1n) is 7.16. The number of nitrogens with two attached hydrogens (primary N) is 1. The molecule has 8 heteroatoms. The van der Waals surface area contributed by atoms with E-state index in [-0.39, 0.29) is 16.1 Å². The lowest BCUT2D eigenvalue weighted by molar-refractivity contribution is 0.102. The van der Waals surface area contributed by atoms with Crippen LogP contribution in [-0.4, -0.2) is 19.3 Å². The number of H-pyrrole nitrogens is 1. The zero-order valence-corrected chi connectivity index (χ0v) is 14.7. The Bertz CT molecular complexity index is 991. The van der Waals surface area contributed by atoms with Crippen LogP contribution in [0.5, 0.6) is 0 Å². The summed E-state index contributed by atoms with van der Waals surface area (Å²) in [6.45, 7) is 6.86. The van der Waals surface area contributed by atoms with Crippen molar-refractivity contribution in [2.75, 3.05) is 5.32 Å². The topological polar surface area (TPSA) is 122 Å². The van der Waals surface area contributed by atoms with Crippen molar-refractivity contribution in [3.63, 3.8) is 0 Å². The molecule has 7 nitrogen and oxygen atoms in total. The van der Waals surface area contributed by atoms with Gasteiger partial charge in [0, 0.05) is 11.3 Å². The summed E-state index contributed by atoms with van der Waals surface area (Å²) in [5.41, 5.74) is 2.40. The maximum atomic E-state index is 12.4. The number of sulfonamides is 1. The van der Waals surface area contributed by atoms with Gasteiger partial charge in [0.1, 0.15) is 5.69 Å². The number of pyridine rings is 1.